The van der Waals surface area contributed by atoms with E-state index in [4.69, 9.17) is 0 Å². The lowest BCUT2D eigenvalue weighted by molar-refractivity contribution is 0.660. The number of rotatable bonds is 3. The van der Waals surface area contributed by atoms with Gasteiger partial charge in [-0.15, -0.1) is 0 Å². The molecule has 0 aliphatic carbocycles. The third kappa shape index (κ3) is 3.59. The molecule has 0 bridgehead atoms. The molecule has 1 aromatic rings. The number of nitrogens with zero attached hydrogens (tertiary/aromatic N) is 2. The maximum Gasteiger partial charge on any atom is 0.0946 e. The Morgan fingerprint density at radius 1 is 0.895 bits per heavy atom. The highest BCUT2D eigenvalue weighted by molar-refractivity contribution is 9.24. The molecule has 0 saturated heterocycles. The number of hydrogen-bond donors (Lipinski definition) is 0. The summed E-state index contributed by atoms with van der Waals surface area (Å²) in [5, 5.41) is 18.6. The maximum atomic E-state index is 9.29. The SMILES string of the molecule is CC(C)(C#N)c1cc(C(Br)Br)cc(C(C)(C)C#N)c1. The number of nitriles is 2. The normalized spacial score (nSPS) is 12.1. The van der Waals surface area contributed by atoms with Crippen LogP contribution in [-0.2, 0) is 10.8 Å². The molecule has 0 unspecified atom stereocenters. The summed E-state index contributed by atoms with van der Waals surface area (Å²) in [5.41, 5.74) is 1.71. The summed E-state index contributed by atoms with van der Waals surface area (Å²) in [7, 11) is 0. The summed E-state index contributed by atoms with van der Waals surface area (Å²) < 4.78 is 0.00249. The largest absolute Gasteiger partial charge is 0.197 e. The van der Waals surface area contributed by atoms with Crippen molar-refractivity contribution in [2.75, 3.05) is 0 Å². The van der Waals surface area contributed by atoms with E-state index in [1.54, 1.807) is 0 Å². The Kier molecular flexibility index (Phi) is 4.82. The summed E-state index contributed by atoms with van der Waals surface area (Å²) >= 11 is 6.96. The zero-order valence-electron chi connectivity index (χ0n) is 11.5. The molecule has 19 heavy (non-hydrogen) atoms. The van der Waals surface area contributed by atoms with Crippen LogP contribution < -0.4 is 0 Å². The van der Waals surface area contributed by atoms with E-state index in [0.717, 1.165) is 16.7 Å². The Balaban J connectivity index is 3.54. The minimum Gasteiger partial charge on any atom is -0.197 e. The zero-order chi connectivity index (χ0) is 14.8. The summed E-state index contributed by atoms with van der Waals surface area (Å²) in [5.74, 6) is 0. The molecule has 0 amide bonds. The first-order chi connectivity index (χ1) is 8.64. The highest BCUT2D eigenvalue weighted by Crippen LogP contribution is 2.36. The predicted octanol–water partition coefficient (Wildman–Crippen LogP) is 5.08. The van der Waals surface area contributed by atoms with Crippen molar-refractivity contribution in [3.8, 4) is 12.1 Å². The Labute approximate surface area is 131 Å². The summed E-state index contributed by atoms with van der Waals surface area (Å²) in [6.07, 6.45) is 0. The van der Waals surface area contributed by atoms with Gasteiger partial charge >= 0.3 is 0 Å². The van der Waals surface area contributed by atoms with Gasteiger partial charge in [-0.25, -0.2) is 0 Å². The molecule has 0 aromatic heterocycles. The molecule has 1 aromatic carbocycles. The van der Waals surface area contributed by atoms with Crippen LogP contribution in [-0.4, -0.2) is 0 Å². The van der Waals surface area contributed by atoms with Gasteiger partial charge in [-0.1, -0.05) is 50.1 Å². The standard InChI is InChI=1S/C15H16Br2N2/c1-14(2,8-18)11-5-10(13(16)17)6-12(7-11)15(3,4)9-19/h5-7,13H,1-4H3. The van der Waals surface area contributed by atoms with Crippen LogP contribution in [0.3, 0.4) is 0 Å². The van der Waals surface area contributed by atoms with E-state index >= 15 is 0 Å². The number of alkyl halides is 2. The smallest absolute Gasteiger partial charge is 0.0946 e. The first-order valence-corrected chi connectivity index (χ1v) is 7.74. The van der Waals surface area contributed by atoms with E-state index in [-0.39, 0.29) is 3.74 Å². The molecule has 0 fully saturated rings. The van der Waals surface area contributed by atoms with Crippen molar-refractivity contribution in [3.63, 3.8) is 0 Å². The van der Waals surface area contributed by atoms with Gasteiger partial charge in [0.05, 0.1) is 26.7 Å². The van der Waals surface area contributed by atoms with E-state index < -0.39 is 10.8 Å². The molecular formula is C15H16Br2N2. The van der Waals surface area contributed by atoms with Crippen LogP contribution in [0, 0.1) is 22.7 Å². The van der Waals surface area contributed by atoms with Crippen molar-refractivity contribution in [1.82, 2.24) is 0 Å². The predicted molar refractivity (Wildman–Crippen MR) is 84.3 cm³/mol. The average Bonchev–Trinajstić information content (AvgIpc) is 2.38. The number of halogens is 2. The third-order valence-electron chi connectivity index (χ3n) is 3.21. The Hall–Kier alpha value is -0.840. The van der Waals surface area contributed by atoms with Crippen molar-refractivity contribution in [3.05, 3.63) is 34.9 Å². The van der Waals surface area contributed by atoms with Crippen LogP contribution >= 0.6 is 31.9 Å². The third-order valence-corrected chi connectivity index (χ3v) is 4.27. The van der Waals surface area contributed by atoms with Crippen LogP contribution in [0.2, 0.25) is 0 Å². The van der Waals surface area contributed by atoms with Crippen molar-refractivity contribution < 1.29 is 0 Å². The number of hydrogen-bond acceptors (Lipinski definition) is 2. The van der Waals surface area contributed by atoms with Gasteiger partial charge in [0.25, 0.3) is 0 Å². The molecule has 0 N–H and O–H groups in total. The lowest BCUT2D eigenvalue weighted by Gasteiger charge is -2.23. The first-order valence-electron chi connectivity index (χ1n) is 5.90. The molecule has 0 aliphatic rings. The first kappa shape index (κ1) is 16.2. The summed E-state index contributed by atoms with van der Waals surface area (Å²) in [6.45, 7) is 7.53. The van der Waals surface area contributed by atoms with Crippen LogP contribution in [0.5, 0.6) is 0 Å². The lowest BCUT2D eigenvalue weighted by Crippen LogP contribution is -2.19. The van der Waals surface area contributed by atoms with Crippen molar-refractivity contribution in [2.45, 2.75) is 42.3 Å². The van der Waals surface area contributed by atoms with Crippen molar-refractivity contribution in [1.29, 1.82) is 10.5 Å². The summed E-state index contributed by atoms with van der Waals surface area (Å²) in [4.78, 5) is 0. The fourth-order valence-electron chi connectivity index (χ4n) is 1.63. The van der Waals surface area contributed by atoms with E-state index in [1.807, 2.05) is 45.9 Å². The minimum atomic E-state index is -0.578. The van der Waals surface area contributed by atoms with E-state index in [0.29, 0.717) is 0 Å². The average molecular weight is 384 g/mol. The van der Waals surface area contributed by atoms with Gasteiger partial charge < -0.3 is 0 Å². The molecule has 0 atom stereocenters. The molecule has 0 heterocycles. The zero-order valence-corrected chi connectivity index (χ0v) is 14.6. The molecule has 100 valence electrons. The second-order valence-electron chi connectivity index (χ2n) is 5.62. The Morgan fingerprint density at radius 3 is 1.53 bits per heavy atom. The molecule has 0 aliphatic heterocycles. The van der Waals surface area contributed by atoms with Crippen LogP contribution in [0.1, 0.15) is 48.1 Å². The molecule has 1 rings (SSSR count). The highest BCUT2D eigenvalue weighted by Gasteiger charge is 2.26. The van der Waals surface area contributed by atoms with Crippen LogP contribution in [0.15, 0.2) is 18.2 Å². The number of benzene rings is 1. The maximum absolute atomic E-state index is 9.29. The van der Waals surface area contributed by atoms with E-state index in [1.165, 1.54) is 0 Å². The van der Waals surface area contributed by atoms with Crippen LogP contribution in [0.25, 0.3) is 0 Å². The van der Waals surface area contributed by atoms with E-state index in [9.17, 15) is 10.5 Å². The van der Waals surface area contributed by atoms with Gasteiger partial charge in [0, 0.05) is 0 Å². The molecule has 0 saturated carbocycles. The van der Waals surface area contributed by atoms with E-state index in [2.05, 4.69) is 44.0 Å². The van der Waals surface area contributed by atoms with Gasteiger partial charge in [0.1, 0.15) is 0 Å². The van der Waals surface area contributed by atoms with Gasteiger partial charge in [-0.2, -0.15) is 10.5 Å². The van der Waals surface area contributed by atoms with Gasteiger partial charge in [0.2, 0.25) is 0 Å². The van der Waals surface area contributed by atoms with Gasteiger partial charge in [-0.05, 0) is 44.4 Å². The molecular weight excluding hydrogens is 368 g/mol. The quantitative estimate of drug-likeness (QED) is 0.683. The second kappa shape index (κ2) is 5.65. The minimum absolute atomic E-state index is 0.00249. The monoisotopic (exact) mass is 382 g/mol. The Bertz CT molecular complexity index is 516. The van der Waals surface area contributed by atoms with Crippen molar-refractivity contribution >= 4 is 31.9 Å². The second-order valence-corrected chi connectivity index (χ2v) is 8.68. The lowest BCUT2D eigenvalue weighted by atomic mass is 9.79. The molecule has 0 spiro atoms. The molecule has 4 heteroatoms. The molecule has 2 nitrogen and oxygen atoms in total. The van der Waals surface area contributed by atoms with Gasteiger partial charge in [-0.3, -0.25) is 0 Å². The fourth-order valence-corrected chi connectivity index (χ4v) is 2.16. The Morgan fingerprint density at radius 2 is 1.26 bits per heavy atom. The van der Waals surface area contributed by atoms with Crippen molar-refractivity contribution in [2.24, 2.45) is 0 Å². The highest BCUT2D eigenvalue weighted by atomic mass is 79.9. The topological polar surface area (TPSA) is 47.6 Å². The summed E-state index contributed by atoms with van der Waals surface area (Å²) in [6, 6.07) is 10.6. The van der Waals surface area contributed by atoms with Crippen LogP contribution in [0.4, 0.5) is 0 Å². The molecule has 0 radical (unpaired) electrons. The fraction of sp³-hybridized carbons (Fsp3) is 0.467. The van der Waals surface area contributed by atoms with Gasteiger partial charge in [0.15, 0.2) is 0 Å².